The van der Waals surface area contributed by atoms with E-state index in [1.54, 1.807) is 12.4 Å². The van der Waals surface area contributed by atoms with Crippen LogP contribution >= 0.6 is 12.2 Å². The van der Waals surface area contributed by atoms with Crippen molar-refractivity contribution in [3.8, 4) is 0 Å². The fraction of sp³-hybridized carbons (Fsp3) is 0.115. The van der Waals surface area contributed by atoms with Crippen molar-refractivity contribution in [3.63, 3.8) is 0 Å². The summed E-state index contributed by atoms with van der Waals surface area (Å²) in [5, 5.41) is 25.5. The lowest BCUT2D eigenvalue weighted by Crippen LogP contribution is -2.65. The standard InChI is InChI=1S/C26H20N4OS/c27-16-22-23(19-10-13-28-14-11-19)24(30-15-12-18-6-4-5-7-20(18)17-30)26(31,29-25(22)32)21-8-2-1-3-9-21/h1-15,17,23-24,27,31H/p+1. The monoisotopic (exact) mass is 437 g/mol. The molecule has 1 aliphatic heterocycles. The Morgan fingerprint density at radius 3 is 2.38 bits per heavy atom. The number of hydrogen-bond acceptors (Lipinski definition) is 4. The van der Waals surface area contributed by atoms with Gasteiger partial charge in [-0.25, -0.2) is 0 Å². The molecule has 1 fully saturated rings. The van der Waals surface area contributed by atoms with Gasteiger partial charge in [-0.2, -0.15) is 4.57 Å². The van der Waals surface area contributed by atoms with Gasteiger partial charge >= 0.3 is 0 Å². The van der Waals surface area contributed by atoms with E-state index < -0.39 is 17.7 Å². The Morgan fingerprint density at radius 1 is 0.969 bits per heavy atom. The number of benzene rings is 2. The van der Waals surface area contributed by atoms with Crippen molar-refractivity contribution in [2.45, 2.75) is 17.7 Å². The van der Waals surface area contributed by atoms with Crippen molar-refractivity contribution in [1.29, 1.82) is 5.41 Å². The van der Waals surface area contributed by atoms with Crippen LogP contribution in [0.5, 0.6) is 0 Å². The Bertz CT molecular complexity index is 1350. The van der Waals surface area contributed by atoms with Gasteiger partial charge in [-0.3, -0.25) is 10.4 Å². The second-order valence-electron chi connectivity index (χ2n) is 7.85. The van der Waals surface area contributed by atoms with Crippen molar-refractivity contribution >= 4 is 33.8 Å². The summed E-state index contributed by atoms with van der Waals surface area (Å²) in [7, 11) is 0. The smallest absolute Gasteiger partial charge is 0.227 e. The third-order valence-electron chi connectivity index (χ3n) is 6.05. The molecule has 3 unspecified atom stereocenters. The molecule has 156 valence electrons. The normalized spacial score (nSPS) is 22.9. The van der Waals surface area contributed by atoms with Gasteiger partial charge < -0.3 is 10.4 Å². The first-order valence-electron chi connectivity index (χ1n) is 10.3. The molecule has 6 heteroatoms. The molecule has 0 radical (unpaired) electrons. The summed E-state index contributed by atoms with van der Waals surface area (Å²) in [6.07, 6.45) is 7.42. The van der Waals surface area contributed by atoms with E-state index in [4.69, 9.17) is 17.6 Å². The second-order valence-corrected chi connectivity index (χ2v) is 8.26. The van der Waals surface area contributed by atoms with Gasteiger partial charge in [-0.1, -0.05) is 60.7 Å². The third kappa shape index (κ3) is 3.31. The minimum atomic E-state index is -1.51. The van der Waals surface area contributed by atoms with Crippen molar-refractivity contribution in [2.75, 3.05) is 0 Å². The molecule has 0 aliphatic carbocycles. The van der Waals surface area contributed by atoms with E-state index in [0.717, 1.165) is 16.3 Å². The predicted octanol–water partition coefficient (Wildman–Crippen LogP) is 3.80. The number of thiocarbonyl (C=S) groups is 1. The maximum Gasteiger partial charge on any atom is 0.227 e. The molecule has 3 N–H and O–H groups in total. The highest BCUT2D eigenvalue weighted by Crippen LogP contribution is 2.45. The number of piperidine rings is 1. The minimum absolute atomic E-state index is 0.311. The van der Waals surface area contributed by atoms with E-state index in [1.807, 2.05) is 83.7 Å². The van der Waals surface area contributed by atoms with Gasteiger partial charge in [0, 0.05) is 29.4 Å². The zero-order valence-electron chi connectivity index (χ0n) is 17.1. The van der Waals surface area contributed by atoms with E-state index >= 15 is 0 Å². The number of aromatic nitrogens is 2. The van der Waals surface area contributed by atoms with Gasteiger partial charge in [0.15, 0.2) is 12.4 Å². The van der Waals surface area contributed by atoms with Crippen LogP contribution in [0.1, 0.15) is 23.1 Å². The first-order valence-corrected chi connectivity index (χ1v) is 10.7. The Kier molecular flexibility index (Phi) is 5.11. The maximum atomic E-state index is 12.2. The second kappa shape index (κ2) is 8.09. The Hall–Kier alpha value is -3.70. The molecule has 0 saturated carbocycles. The zero-order chi connectivity index (χ0) is 22.1. The summed E-state index contributed by atoms with van der Waals surface area (Å²) < 4.78 is 2.01. The lowest BCUT2D eigenvalue weighted by Gasteiger charge is -2.43. The number of aliphatic hydroxyl groups is 1. The largest absolute Gasteiger partial charge is 0.362 e. The molecule has 5 rings (SSSR count). The molecule has 3 atom stereocenters. The Morgan fingerprint density at radius 2 is 1.66 bits per heavy atom. The summed E-state index contributed by atoms with van der Waals surface area (Å²) in [5.74, 6) is 2.13. The molecule has 0 bridgehead atoms. The third-order valence-corrected chi connectivity index (χ3v) is 6.37. The van der Waals surface area contributed by atoms with E-state index in [-0.39, 0.29) is 0 Å². The van der Waals surface area contributed by atoms with Gasteiger partial charge in [-0.15, -0.1) is 0 Å². The number of nitrogens with zero attached hydrogens (tertiary/aromatic N) is 2. The number of fused-ring (bicyclic) bond motifs is 1. The van der Waals surface area contributed by atoms with Gasteiger partial charge in [-0.05, 0) is 35.0 Å². The lowest BCUT2D eigenvalue weighted by molar-refractivity contribution is -0.742. The molecule has 32 heavy (non-hydrogen) atoms. The van der Waals surface area contributed by atoms with Crippen LogP contribution in [0.3, 0.4) is 0 Å². The van der Waals surface area contributed by atoms with E-state index in [1.165, 1.54) is 0 Å². The van der Waals surface area contributed by atoms with Gasteiger partial charge in [0.05, 0.1) is 11.5 Å². The van der Waals surface area contributed by atoms with Crippen LogP contribution in [0.4, 0.5) is 0 Å². The summed E-state index contributed by atoms with van der Waals surface area (Å²) in [6, 6.07) is 22.8. The quantitative estimate of drug-likeness (QED) is 0.197. The Balaban J connectivity index is 1.80. The summed E-state index contributed by atoms with van der Waals surface area (Å²) in [5.41, 5.74) is 0.604. The van der Waals surface area contributed by atoms with Crippen LogP contribution in [0, 0.1) is 5.41 Å². The van der Waals surface area contributed by atoms with Gasteiger partial charge in [0.2, 0.25) is 11.8 Å². The minimum Gasteiger partial charge on any atom is -0.362 e. The molecular weight excluding hydrogens is 416 g/mol. The number of pyridine rings is 2. The molecule has 1 saturated heterocycles. The van der Waals surface area contributed by atoms with Crippen LogP contribution in [0.25, 0.3) is 10.8 Å². The number of hydrogen-bond donors (Lipinski definition) is 3. The fourth-order valence-corrected chi connectivity index (χ4v) is 4.89. The van der Waals surface area contributed by atoms with Gasteiger partial charge in [0.1, 0.15) is 4.99 Å². The molecule has 4 aromatic rings. The van der Waals surface area contributed by atoms with Crippen LogP contribution in [-0.2, 0) is 5.72 Å². The van der Waals surface area contributed by atoms with E-state index in [9.17, 15) is 5.11 Å². The van der Waals surface area contributed by atoms with Crippen LogP contribution < -0.4 is 9.88 Å². The van der Waals surface area contributed by atoms with Crippen LogP contribution in [0.15, 0.2) is 103 Å². The first kappa shape index (κ1) is 20.2. The topological polar surface area (TPSA) is 72.9 Å². The summed E-state index contributed by atoms with van der Waals surface area (Å²) in [4.78, 5) is 4.46. The number of nitrogens with one attached hydrogen (secondary N) is 2. The molecule has 2 aromatic carbocycles. The predicted molar refractivity (Wildman–Crippen MR) is 127 cm³/mol. The molecule has 0 amide bonds. The van der Waals surface area contributed by atoms with Crippen molar-refractivity contribution in [1.82, 2.24) is 10.3 Å². The molecule has 2 aromatic heterocycles. The Labute approximate surface area is 191 Å². The molecule has 5 nitrogen and oxygen atoms in total. The fourth-order valence-electron chi connectivity index (χ4n) is 4.56. The van der Waals surface area contributed by atoms with Crippen molar-refractivity contribution in [2.24, 2.45) is 0 Å². The molecule has 0 spiro atoms. The highest BCUT2D eigenvalue weighted by molar-refractivity contribution is 7.80. The van der Waals surface area contributed by atoms with Crippen molar-refractivity contribution in [3.05, 3.63) is 114 Å². The van der Waals surface area contributed by atoms with Crippen LogP contribution in [-0.4, -0.2) is 20.9 Å². The highest BCUT2D eigenvalue weighted by atomic mass is 32.1. The first-order chi connectivity index (χ1) is 15.6. The van der Waals surface area contributed by atoms with Gasteiger partial charge in [0.25, 0.3) is 0 Å². The SMILES string of the molecule is N=C=C1C(=S)NC(O)(c2ccccc2)C([n+]2ccc3ccccc3c2)C1c1ccncc1. The molecular formula is C26H21N4OS+. The van der Waals surface area contributed by atoms with Crippen molar-refractivity contribution < 1.29 is 9.67 Å². The molecule has 3 heterocycles. The summed E-state index contributed by atoms with van der Waals surface area (Å²) in [6.45, 7) is 0. The van der Waals surface area contributed by atoms with E-state index in [2.05, 4.69) is 22.2 Å². The number of rotatable bonds is 3. The maximum absolute atomic E-state index is 12.2. The van der Waals surface area contributed by atoms with E-state index in [0.29, 0.717) is 16.1 Å². The van der Waals surface area contributed by atoms with Crippen LogP contribution in [0.2, 0.25) is 0 Å². The zero-order valence-corrected chi connectivity index (χ0v) is 18.0. The average Bonchev–Trinajstić information content (AvgIpc) is 2.84. The molecule has 1 aliphatic rings. The lowest BCUT2D eigenvalue weighted by atomic mass is 9.74. The highest BCUT2D eigenvalue weighted by Gasteiger charge is 2.56. The summed E-state index contributed by atoms with van der Waals surface area (Å²) >= 11 is 5.62. The average molecular weight is 438 g/mol.